The van der Waals surface area contributed by atoms with E-state index in [1.807, 2.05) is 49.4 Å². The summed E-state index contributed by atoms with van der Waals surface area (Å²) in [6, 6.07) is 14.8. The molecule has 1 N–H and O–H groups in total. The van der Waals surface area contributed by atoms with Gasteiger partial charge in [0, 0.05) is 5.56 Å². The number of hydrogen-bond acceptors (Lipinski definition) is 7. The predicted octanol–water partition coefficient (Wildman–Crippen LogP) is 3.97. The normalized spacial score (nSPS) is 11.5. The lowest BCUT2D eigenvalue weighted by Gasteiger charge is -2.25. The molecule has 0 saturated carbocycles. The van der Waals surface area contributed by atoms with Crippen LogP contribution in [-0.2, 0) is 4.79 Å². The van der Waals surface area contributed by atoms with Crippen molar-refractivity contribution in [3.63, 3.8) is 0 Å². The lowest BCUT2D eigenvalue weighted by molar-refractivity contribution is -0.128. The number of nitrogens with one attached hydrogen (secondary N) is 1. The number of rotatable bonds is 6. The highest BCUT2D eigenvalue weighted by molar-refractivity contribution is 7.19. The van der Waals surface area contributed by atoms with Crippen molar-refractivity contribution in [3.05, 3.63) is 54.4 Å². The van der Waals surface area contributed by atoms with Gasteiger partial charge in [0.15, 0.2) is 11.4 Å². The lowest BCUT2D eigenvalue weighted by Crippen LogP contribution is -2.42. The number of amides is 1. The third-order valence-corrected chi connectivity index (χ3v) is 5.45. The molecule has 0 aliphatic carbocycles. The molecule has 2 aromatic heterocycles. The maximum Gasteiger partial charge on any atom is 0.268 e. The first kappa shape index (κ1) is 19.8. The summed E-state index contributed by atoms with van der Waals surface area (Å²) in [5.41, 5.74) is 0.280. The van der Waals surface area contributed by atoms with Crippen molar-refractivity contribution in [2.75, 3.05) is 12.4 Å². The van der Waals surface area contributed by atoms with E-state index in [4.69, 9.17) is 9.47 Å². The summed E-state index contributed by atoms with van der Waals surface area (Å²) in [5, 5.41) is 16.3. The SMILES string of the molecule is COc1ccc(-c2nn3c(C)nnc3s2)cc1NC(=O)C(C)(C)Oc1ccccc1. The number of para-hydroxylation sites is 1. The average molecular weight is 423 g/mol. The first-order chi connectivity index (χ1) is 14.4. The van der Waals surface area contributed by atoms with E-state index < -0.39 is 5.60 Å². The molecule has 0 radical (unpaired) electrons. The Bertz CT molecular complexity index is 1200. The third kappa shape index (κ3) is 3.84. The Morgan fingerprint density at radius 1 is 1.13 bits per heavy atom. The fourth-order valence-electron chi connectivity index (χ4n) is 2.87. The summed E-state index contributed by atoms with van der Waals surface area (Å²) < 4.78 is 13.0. The topological polar surface area (TPSA) is 90.6 Å². The maximum absolute atomic E-state index is 13.0. The summed E-state index contributed by atoms with van der Waals surface area (Å²) in [6.07, 6.45) is 0. The van der Waals surface area contributed by atoms with Gasteiger partial charge in [0.05, 0.1) is 12.8 Å². The van der Waals surface area contributed by atoms with Crippen LogP contribution in [0.3, 0.4) is 0 Å². The maximum atomic E-state index is 13.0. The van der Waals surface area contributed by atoms with Crippen LogP contribution in [0.4, 0.5) is 5.69 Å². The Kier molecular flexibility index (Phi) is 5.13. The van der Waals surface area contributed by atoms with Crippen LogP contribution >= 0.6 is 11.3 Å². The number of hydrogen-bond donors (Lipinski definition) is 1. The van der Waals surface area contributed by atoms with Crippen molar-refractivity contribution >= 4 is 27.9 Å². The predicted molar refractivity (Wildman–Crippen MR) is 115 cm³/mol. The van der Waals surface area contributed by atoms with Crippen molar-refractivity contribution in [2.45, 2.75) is 26.4 Å². The van der Waals surface area contributed by atoms with Crippen LogP contribution in [0.2, 0.25) is 0 Å². The molecule has 0 unspecified atom stereocenters. The van der Waals surface area contributed by atoms with Gasteiger partial charge in [-0.05, 0) is 51.1 Å². The second-order valence-electron chi connectivity index (χ2n) is 7.14. The molecule has 2 aromatic carbocycles. The highest BCUT2D eigenvalue weighted by Gasteiger charge is 2.31. The van der Waals surface area contributed by atoms with Crippen LogP contribution in [0.25, 0.3) is 15.5 Å². The van der Waals surface area contributed by atoms with E-state index in [-0.39, 0.29) is 5.91 Å². The van der Waals surface area contributed by atoms with Crippen molar-refractivity contribution < 1.29 is 14.3 Å². The molecular formula is C21H21N5O3S. The van der Waals surface area contributed by atoms with Crippen LogP contribution in [0, 0.1) is 6.92 Å². The molecule has 0 bridgehead atoms. The smallest absolute Gasteiger partial charge is 0.268 e. The van der Waals surface area contributed by atoms with Crippen molar-refractivity contribution in [2.24, 2.45) is 0 Å². The molecule has 0 saturated heterocycles. The minimum atomic E-state index is -1.09. The number of carbonyl (C=O) groups excluding carboxylic acids is 1. The molecule has 9 heteroatoms. The number of fused-ring (bicyclic) bond motifs is 1. The largest absolute Gasteiger partial charge is 0.495 e. The van der Waals surface area contributed by atoms with E-state index in [0.29, 0.717) is 28.0 Å². The Balaban J connectivity index is 1.61. The summed E-state index contributed by atoms with van der Waals surface area (Å²) in [7, 11) is 1.56. The summed E-state index contributed by atoms with van der Waals surface area (Å²) in [4.78, 5) is 13.7. The van der Waals surface area contributed by atoms with E-state index in [1.54, 1.807) is 31.5 Å². The van der Waals surface area contributed by atoms with Crippen molar-refractivity contribution in [3.8, 4) is 22.1 Å². The molecule has 8 nitrogen and oxygen atoms in total. The van der Waals surface area contributed by atoms with E-state index >= 15 is 0 Å². The van der Waals surface area contributed by atoms with Gasteiger partial charge >= 0.3 is 0 Å². The molecule has 2 heterocycles. The average Bonchev–Trinajstić information content (AvgIpc) is 3.30. The minimum absolute atomic E-state index is 0.296. The molecule has 0 aliphatic heterocycles. The molecule has 0 aliphatic rings. The van der Waals surface area contributed by atoms with Gasteiger partial charge in [0.2, 0.25) is 4.96 Å². The highest BCUT2D eigenvalue weighted by atomic mass is 32.1. The fourth-order valence-corrected chi connectivity index (χ4v) is 3.75. The van der Waals surface area contributed by atoms with Crippen LogP contribution < -0.4 is 14.8 Å². The zero-order valence-corrected chi connectivity index (χ0v) is 17.9. The number of ether oxygens (including phenoxy) is 2. The van der Waals surface area contributed by atoms with Gasteiger partial charge < -0.3 is 14.8 Å². The Labute approximate surface area is 177 Å². The highest BCUT2D eigenvalue weighted by Crippen LogP contribution is 2.33. The van der Waals surface area contributed by atoms with Gasteiger partial charge in [-0.1, -0.05) is 29.5 Å². The Hall–Kier alpha value is -3.46. The van der Waals surface area contributed by atoms with E-state index in [1.165, 1.54) is 11.3 Å². The summed E-state index contributed by atoms with van der Waals surface area (Å²) in [5.74, 6) is 1.58. The summed E-state index contributed by atoms with van der Waals surface area (Å²) >= 11 is 1.42. The zero-order chi connectivity index (χ0) is 21.3. The van der Waals surface area contributed by atoms with E-state index in [9.17, 15) is 4.79 Å². The first-order valence-electron chi connectivity index (χ1n) is 9.30. The third-order valence-electron chi connectivity index (χ3n) is 4.50. The monoisotopic (exact) mass is 423 g/mol. The van der Waals surface area contributed by atoms with Gasteiger partial charge in [0.25, 0.3) is 5.91 Å². The number of carbonyl (C=O) groups is 1. The van der Waals surface area contributed by atoms with Gasteiger partial charge in [-0.15, -0.1) is 10.2 Å². The van der Waals surface area contributed by atoms with E-state index in [0.717, 1.165) is 10.6 Å². The molecule has 30 heavy (non-hydrogen) atoms. The van der Waals surface area contributed by atoms with Gasteiger partial charge in [-0.3, -0.25) is 4.79 Å². The molecule has 0 fully saturated rings. The van der Waals surface area contributed by atoms with Crippen LogP contribution in [0.1, 0.15) is 19.7 Å². The Morgan fingerprint density at radius 3 is 2.60 bits per heavy atom. The van der Waals surface area contributed by atoms with Crippen LogP contribution in [0.15, 0.2) is 48.5 Å². The molecule has 1 amide bonds. The number of aryl methyl sites for hydroxylation is 1. The zero-order valence-electron chi connectivity index (χ0n) is 17.0. The van der Waals surface area contributed by atoms with Crippen LogP contribution in [0.5, 0.6) is 11.5 Å². The van der Waals surface area contributed by atoms with Gasteiger partial charge in [0.1, 0.15) is 16.5 Å². The number of benzene rings is 2. The second kappa shape index (κ2) is 7.75. The summed E-state index contributed by atoms with van der Waals surface area (Å²) in [6.45, 7) is 5.28. The van der Waals surface area contributed by atoms with E-state index in [2.05, 4.69) is 20.6 Å². The number of aromatic nitrogens is 4. The molecule has 4 rings (SSSR count). The van der Waals surface area contributed by atoms with Gasteiger partial charge in [-0.25, -0.2) is 0 Å². The molecule has 0 spiro atoms. The quantitative estimate of drug-likeness (QED) is 0.505. The first-order valence-corrected chi connectivity index (χ1v) is 10.1. The minimum Gasteiger partial charge on any atom is -0.495 e. The lowest BCUT2D eigenvalue weighted by atomic mass is 10.1. The molecule has 4 aromatic rings. The van der Waals surface area contributed by atoms with Crippen molar-refractivity contribution in [1.29, 1.82) is 0 Å². The number of nitrogens with zero attached hydrogens (tertiary/aromatic N) is 4. The molecular weight excluding hydrogens is 402 g/mol. The Morgan fingerprint density at radius 2 is 1.90 bits per heavy atom. The van der Waals surface area contributed by atoms with Gasteiger partial charge in [-0.2, -0.15) is 9.61 Å². The molecule has 154 valence electrons. The van der Waals surface area contributed by atoms with Crippen molar-refractivity contribution in [1.82, 2.24) is 19.8 Å². The second-order valence-corrected chi connectivity index (χ2v) is 8.10. The fraction of sp³-hybridized carbons (Fsp3) is 0.238. The van der Waals surface area contributed by atoms with Crippen LogP contribution in [-0.4, -0.2) is 38.4 Å². The standard InChI is InChI=1S/C21H21N5O3S/c1-13-23-24-20-26(13)25-18(30-20)14-10-11-17(28-4)16(12-14)22-19(27)21(2,3)29-15-8-6-5-7-9-15/h5-12H,1-4H3,(H,22,27). The number of methoxy groups -OCH3 is 1. The molecule has 0 atom stereocenters. The number of anilines is 1.